The van der Waals surface area contributed by atoms with Gasteiger partial charge in [-0.2, -0.15) is 0 Å². The van der Waals surface area contributed by atoms with Gasteiger partial charge in [-0.15, -0.1) is 0 Å². The van der Waals surface area contributed by atoms with Crippen LogP contribution in [0.5, 0.6) is 0 Å². The molecule has 0 rings (SSSR count). The van der Waals surface area contributed by atoms with Crippen LogP contribution < -0.4 is 5.32 Å². The lowest BCUT2D eigenvalue weighted by Crippen LogP contribution is -2.45. The molecular formula is C78H153NO5. The van der Waals surface area contributed by atoms with Crippen LogP contribution in [0.1, 0.15) is 450 Å². The summed E-state index contributed by atoms with van der Waals surface area (Å²) in [6.07, 6.45) is 93.2. The molecule has 0 aliphatic carbocycles. The number of aliphatic hydroxyl groups is 2. The number of aliphatic hydroxyl groups excluding tert-OH is 2. The van der Waals surface area contributed by atoms with E-state index in [0.717, 1.165) is 38.5 Å². The Balaban J connectivity index is 3.28. The summed E-state index contributed by atoms with van der Waals surface area (Å²) >= 11 is 0. The summed E-state index contributed by atoms with van der Waals surface area (Å²) in [7, 11) is 0. The zero-order chi connectivity index (χ0) is 60.6. The molecule has 1 amide bonds. The molecule has 0 aliphatic heterocycles. The molecule has 0 bridgehead atoms. The number of ether oxygens (including phenoxy) is 1. The summed E-state index contributed by atoms with van der Waals surface area (Å²) in [5, 5.41) is 23.2. The second kappa shape index (κ2) is 74.1. The fourth-order valence-corrected chi connectivity index (χ4v) is 12.6. The second-order valence-electron chi connectivity index (χ2n) is 27.0. The zero-order valence-corrected chi connectivity index (χ0v) is 57.4. The highest BCUT2D eigenvalue weighted by Crippen LogP contribution is 2.20. The molecule has 0 aliphatic rings. The van der Waals surface area contributed by atoms with Crippen molar-refractivity contribution in [2.45, 2.75) is 463 Å². The van der Waals surface area contributed by atoms with E-state index in [1.54, 1.807) is 0 Å². The average molecular weight is 1190 g/mol. The number of carbonyl (C=O) groups is 2. The first-order valence-electron chi connectivity index (χ1n) is 38.9. The summed E-state index contributed by atoms with van der Waals surface area (Å²) < 4.78 is 5.52. The molecule has 6 nitrogen and oxygen atoms in total. The normalized spacial score (nSPS) is 12.5. The lowest BCUT2D eigenvalue weighted by Gasteiger charge is -2.22. The largest absolute Gasteiger partial charge is 0.466 e. The Morgan fingerprint density at radius 3 is 0.845 bits per heavy atom. The Labute approximate surface area is 527 Å². The third-order valence-corrected chi connectivity index (χ3v) is 18.6. The van der Waals surface area contributed by atoms with Gasteiger partial charge in [-0.05, 0) is 51.4 Å². The second-order valence-corrected chi connectivity index (χ2v) is 27.0. The van der Waals surface area contributed by atoms with E-state index in [4.69, 9.17) is 4.74 Å². The molecular weight excluding hydrogens is 1030 g/mol. The molecule has 84 heavy (non-hydrogen) atoms. The number of carbonyl (C=O) groups excluding carboxylic acids is 2. The lowest BCUT2D eigenvalue weighted by molar-refractivity contribution is -0.143. The minimum atomic E-state index is -0.659. The maximum absolute atomic E-state index is 12.5. The quantitative estimate of drug-likeness (QED) is 0.0320. The molecule has 0 spiro atoms. The molecule has 2 unspecified atom stereocenters. The number of allylic oxidation sites excluding steroid dienone is 2. The molecule has 0 aromatic rings. The van der Waals surface area contributed by atoms with E-state index < -0.39 is 12.1 Å². The molecule has 2 atom stereocenters. The highest BCUT2D eigenvalue weighted by Gasteiger charge is 2.20. The summed E-state index contributed by atoms with van der Waals surface area (Å²) in [5.41, 5.74) is 0. The topological polar surface area (TPSA) is 95.9 Å². The SMILES string of the molecule is CCCCCCCCCCCCCCCCCCCCCC(=O)OCCCCCCCCCCCCCCCCCC/C=C\CCCCCCCCCCCCCCCCCCCC(=O)NC(CO)C(O)CCCCCCCCCCCCC. The zero-order valence-electron chi connectivity index (χ0n) is 57.4. The minimum absolute atomic E-state index is 0.0273. The monoisotopic (exact) mass is 1180 g/mol. The molecule has 500 valence electrons. The molecule has 0 fully saturated rings. The summed E-state index contributed by atoms with van der Waals surface area (Å²) in [6, 6.07) is -0.536. The molecule has 0 radical (unpaired) electrons. The van der Waals surface area contributed by atoms with Crippen LogP contribution >= 0.6 is 0 Å². The fraction of sp³-hybridized carbons (Fsp3) is 0.949. The molecule has 0 aromatic heterocycles. The maximum Gasteiger partial charge on any atom is 0.305 e. The van der Waals surface area contributed by atoms with Gasteiger partial charge in [-0.1, -0.05) is 398 Å². The van der Waals surface area contributed by atoms with Gasteiger partial charge in [0.2, 0.25) is 5.91 Å². The van der Waals surface area contributed by atoms with E-state index in [0.29, 0.717) is 25.9 Å². The van der Waals surface area contributed by atoms with Gasteiger partial charge in [-0.25, -0.2) is 0 Å². The number of nitrogens with one attached hydrogen (secondary N) is 1. The van der Waals surface area contributed by atoms with Gasteiger partial charge >= 0.3 is 5.97 Å². The van der Waals surface area contributed by atoms with Crippen LogP contribution in [0.25, 0.3) is 0 Å². The van der Waals surface area contributed by atoms with Crippen LogP contribution in [0.2, 0.25) is 0 Å². The van der Waals surface area contributed by atoms with Crippen molar-refractivity contribution in [3.05, 3.63) is 12.2 Å². The van der Waals surface area contributed by atoms with Crippen LogP contribution in [0.15, 0.2) is 12.2 Å². The van der Waals surface area contributed by atoms with Gasteiger partial charge in [0, 0.05) is 12.8 Å². The molecule has 6 heteroatoms. The summed E-state index contributed by atoms with van der Waals surface area (Å²) in [6.45, 7) is 4.99. The van der Waals surface area contributed by atoms with Crippen molar-refractivity contribution in [3.63, 3.8) is 0 Å². The number of hydrogen-bond acceptors (Lipinski definition) is 5. The lowest BCUT2D eigenvalue weighted by atomic mass is 10.0. The van der Waals surface area contributed by atoms with Gasteiger partial charge in [-0.3, -0.25) is 9.59 Å². The third-order valence-electron chi connectivity index (χ3n) is 18.6. The highest BCUT2D eigenvalue weighted by molar-refractivity contribution is 5.76. The van der Waals surface area contributed by atoms with Gasteiger partial charge in [0.15, 0.2) is 0 Å². The number of unbranched alkanes of at least 4 members (excludes halogenated alkanes) is 61. The molecule has 0 aromatic carbocycles. The van der Waals surface area contributed by atoms with Gasteiger partial charge < -0.3 is 20.3 Å². The van der Waals surface area contributed by atoms with E-state index in [2.05, 4.69) is 31.3 Å². The Bertz CT molecular complexity index is 1270. The Morgan fingerprint density at radius 1 is 0.321 bits per heavy atom. The van der Waals surface area contributed by atoms with Gasteiger partial charge in [0.05, 0.1) is 25.4 Å². The van der Waals surface area contributed by atoms with Crippen molar-refractivity contribution in [2.75, 3.05) is 13.2 Å². The van der Waals surface area contributed by atoms with Gasteiger partial charge in [0.25, 0.3) is 0 Å². The minimum Gasteiger partial charge on any atom is -0.466 e. The smallest absolute Gasteiger partial charge is 0.305 e. The third kappa shape index (κ3) is 69.7. The van der Waals surface area contributed by atoms with Crippen LogP contribution in [0.4, 0.5) is 0 Å². The fourth-order valence-electron chi connectivity index (χ4n) is 12.6. The maximum atomic E-state index is 12.5. The Hall–Kier alpha value is -1.40. The average Bonchev–Trinajstić information content (AvgIpc) is 3.53. The predicted molar refractivity (Wildman–Crippen MR) is 370 cm³/mol. The van der Waals surface area contributed by atoms with E-state index in [-0.39, 0.29) is 18.5 Å². The van der Waals surface area contributed by atoms with Gasteiger partial charge in [0.1, 0.15) is 0 Å². The van der Waals surface area contributed by atoms with Crippen molar-refractivity contribution >= 4 is 11.9 Å². The van der Waals surface area contributed by atoms with E-state index in [1.165, 1.54) is 379 Å². The first-order chi connectivity index (χ1) is 41.5. The Kier molecular flexibility index (Phi) is 72.8. The first kappa shape index (κ1) is 82.6. The standard InChI is InChI=1S/C78H153NO5/c1-3-5-7-9-11-13-15-16-17-18-38-42-45-48-52-56-60-64-68-72-78(83)84-73-69-65-61-57-53-49-46-43-40-37-35-33-31-29-27-25-23-21-19-20-22-24-26-28-30-32-34-36-39-41-44-47-51-55-59-63-67-71-77(82)79-75(74-80)76(81)70-66-62-58-54-50-14-12-10-8-6-4-2/h19,21,75-76,80-81H,3-18,20,22-74H2,1-2H3,(H,79,82)/b21-19-. The van der Waals surface area contributed by atoms with Crippen LogP contribution in [0.3, 0.4) is 0 Å². The van der Waals surface area contributed by atoms with Crippen LogP contribution in [-0.2, 0) is 14.3 Å². The number of rotatable bonds is 74. The van der Waals surface area contributed by atoms with E-state index >= 15 is 0 Å². The molecule has 0 saturated carbocycles. The van der Waals surface area contributed by atoms with Crippen molar-refractivity contribution in [2.24, 2.45) is 0 Å². The van der Waals surface area contributed by atoms with E-state index in [9.17, 15) is 19.8 Å². The highest BCUT2D eigenvalue weighted by atomic mass is 16.5. The molecule has 0 heterocycles. The van der Waals surface area contributed by atoms with Crippen molar-refractivity contribution in [1.29, 1.82) is 0 Å². The first-order valence-corrected chi connectivity index (χ1v) is 38.9. The number of amides is 1. The summed E-state index contributed by atoms with van der Waals surface area (Å²) in [5.74, 6) is -0.00200. The van der Waals surface area contributed by atoms with Crippen molar-refractivity contribution in [1.82, 2.24) is 5.32 Å². The van der Waals surface area contributed by atoms with Crippen molar-refractivity contribution in [3.8, 4) is 0 Å². The molecule has 0 saturated heterocycles. The summed E-state index contributed by atoms with van der Waals surface area (Å²) in [4.78, 5) is 24.6. The number of esters is 1. The predicted octanol–water partition coefficient (Wildman–Crippen LogP) is 25.5. The van der Waals surface area contributed by atoms with E-state index in [1.807, 2.05) is 0 Å². The van der Waals surface area contributed by atoms with Crippen molar-refractivity contribution < 1.29 is 24.5 Å². The molecule has 3 N–H and O–H groups in total. The Morgan fingerprint density at radius 2 is 0.560 bits per heavy atom. The number of hydrogen-bond donors (Lipinski definition) is 3. The van der Waals surface area contributed by atoms with Crippen LogP contribution in [-0.4, -0.2) is 47.4 Å². The van der Waals surface area contributed by atoms with Crippen LogP contribution in [0, 0.1) is 0 Å².